The quantitative estimate of drug-likeness (QED) is 0.159. The first-order valence-electron chi connectivity index (χ1n) is 19.0. The summed E-state index contributed by atoms with van der Waals surface area (Å²) in [5, 5.41) is 6.13. The van der Waals surface area contributed by atoms with Gasteiger partial charge in [-0.05, 0) is 46.5 Å². The molecule has 0 spiro atoms. The molecule has 0 saturated carbocycles. The van der Waals surface area contributed by atoms with Crippen molar-refractivity contribution in [3.63, 3.8) is 0 Å². The van der Waals surface area contributed by atoms with Crippen LogP contribution in [0.15, 0.2) is 194 Å². The Morgan fingerprint density at radius 1 is 0.281 bits per heavy atom. The lowest BCUT2D eigenvalue weighted by atomic mass is 9.94. The second kappa shape index (κ2) is 13.7. The van der Waals surface area contributed by atoms with Gasteiger partial charge in [0.05, 0.1) is 11.2 Å². The summed E-state index contributed by atoms with van der Waals surface area (Å²) in [5.74, 6) is 1.89. The maximum Gasteiger partial charge on any atom is 0.164 e. The van der Waals surface area contributed by atoms with Gasteiger partial charge in [-0.2, -0.15) is 0 Å². The average Bonchev–Trinajstić information content (AvgIpc) is 3.68. The molecule has 3 heterocycles. The van der Waals surface area contributed by atoms with Gasteiger partial charge in [-0.1, -0.05) is 170 Å². The van der Waals surface area contributed by atoms with Crippen LogP contribution in [0.2, 0.25) is 0 Å². The summed E-state index contributed by atoms with van der Waals surface area (Å²) in [6.45, 7) is 0. The Balaban J connectivity index is 1.06. The van der Waals surface area contributed by atoms with Crippen molar-refractivity contribution in [2.24, 2.45) is 0 Å². The van der Waals surface area contributed by atoms with Crippen LogP contribution in [0, 0.1) is 0 Å². The van der Waals surface area contributed by atoms with E-state index in [1.165, 1.54) is 31.1 Å². The molecule has 266 valence electrons. The van der Waals surface area contributed by atoms with Gasteiger partial charge in [0.25, 0.3) is 0 Å². The van der Waals surface area contributed by atoms with Crippen LogP contribution < -0.4 is 0 Å². The van der Waals surface area contributed by atoms with Crippen molar-refractivity contribution in [1.29, 1.82) is 0 Å². The molecule has 0 saturated heterocycles. The van der Waals surface area contributed by atoms with Crippen molar-refractivity contribution in [3.8, 4) is 67.7 Å². The molecule has 0 amide bonds. The fourth-order valence-corrected chi connectivity index (χ4v) is 9.05. The molecule has 0 N–H and O–H groups in total. The van der Waals surface area contributed by atoms with Crippen LogP contribution >= 0.6 is 11.3 Å². The predicted octanol–water partition coefficient (Wildman–Crippen LogP) is 13.9. The molecule has 3 aromatic heterocycles. The first-order chi connectivity index (χ1) is 28.2. The highest BCUT2D eigenvalue weighted by Gasteiger charge is 2.18. The van der Waals surface area contributed by atoms with Gasteiger partial charge >= 0.3 is 0 Å². The standard InChI is InChI=1S/C52H32N4S/c1-4-13-33(14-5-1)34-23-25-37(26-24-34)51-54-50(36-17-8-3-9-18-36)55-52(56-51)40-20-12-19-38(31-40)39-27-28-41-44(32-39)53-49(35-15-6-2-7-16-35)43-29-30-46-48(47(41)43)42-21-10-11-22-45(42)57-46/h1-32H. The average molecular weight is 745 g/mol. The van der Waals surface area contributed by atoms with Crippen molar-refractivity contribution in [1.82, 2.24) is 19.9 Å². The molecule has 57 heavy (non-hydrogen) atoms. The third-order valence-electron chi connectivity index (χ3n) is 10.7. The minimum atomic E-state index is 0.621. The molecule has 5 heteroatoms. The van der Waals surface area contributed by atoms with E-state index in [0.717, 1.165) is 60.9 Å². The fourth-order valence-electron chi connectivity index (χ4n) is 7.94. The normalized spacial score (nSPS) is 11.5. The third-order valence-corrected chi connectivity index (χ3v) is 11.9. The first-order valence-corrected chi connectivity index (χ1v) is 19.9. The van der Waals surface area contributed by atoms with E-state index in [2.05, 4.69) is 158 Å². The van der Waals surface area contributed by atoms with Gasteiger partial charge < -0.3 is 0 Å². The Morgan fingerprint density at radius 3 is 1.53 bits per heavy atom. The lowest BCUT2D eigenvalue weighted by molar-refractivity contribution is 1.07. The summed E-state index contributed by atoms with van der Waals surface area (Å²) in [6.07, 6.45) is 0. The van der Waals surface area contributed by atoms with Crippen molar-refractivity contribution in [2.75, 3.05) is 0 Å². The fraction of sp³-hybridized carbons (Fsp3) is 0. The molecule has 4 nitrogen and oxygen atoms in total. The number of hydrogen-bond acceptors (Lipinski definition) is 5. The van der Waals surface area contributed by atoms with Gasteiger partial charge in [-0.3, -0.25) is 0 Å². The van der Waals surface area contributed by atoms with Crippen LogP contribution in [0.3, 0.4) is 0 Å². The molecule has 0 aliphatic rings. The summed E-state index contributed by atoms with van der Waals surface area (Å²) in [7, 11) is 0. The maximum absolute atomic E-state index is 5.40. The third kappa shape index (κ3) is 5.93. The van der Waals surface area contributed by atoms with Gasteiger partial charge in [-0.25, -0.2) is 19.9 Å². The summed E-state index contributed by atoms with van der Waals surface area (Å²) in [6, 6.07) is 67.9. The highest BCUT2D eigenvalue weighted by atomic mass is 32.1. The van der Waals surface area contributed by atoms with E-state index < -0.39 is 0 Å². The number of benzene rings is 8. The zero-order chi connectivity index (χ0) is 37.7. The monoisotopic (exact) mass is 744 g/mol. The Bertz CT molecular complexity index is 3270. The number of fused-ring (bicyclic) bond motifs is 7. The van der Waals surface area contributed by atoms with E-state index in [4.69, 9.17) is 19.9 Å². The van der Waals surface area contributed by atoms with Gasteiger partial charge in [0.1, 0.15) is 0 Å². The van der Waals surface area contributed by atoms with E-state index in [-0.39, 0.29) is 0 Å². The minimum absolute atomic E-state index is 0.621. The Hall–Kier alpha value is -7.34. The number of rotatable bonds is 6. The van der Waals surface area contributed by atoms with Crippen LogP contribution in [-0.4, -0.2) is 19.9 Å². The maximum atomic E-state index is 5.40. The number of aromatic nitrogens is 4. The van der Waals surface area contributed by atoms with E-state index in [0.29, 0.717) is 17.5 Å². The summed E-state index contributed by atoms with van der Waals surface area (Å²) in [5.41, 5.74) is 10.3. The van der Waals surface area contributed by atoms with Gasteiger partial charge in [0.15, 0.2) is 17.5 Å². The van der Waals surface area contributed by atoms with Crippen LogP contribution in [0.5, 0.6) is 0 Å². The molecule has 11 aromatic rings. The summed E-state index contributed by atoms with van der Waals surface area (Å²) in [4.78, 5) is 20.5. The molecule has 8 aromatic carbocycles. The molecule has 0 radical (unpaired) electrons. The lowest BCUT2D eigenvalue weighted by Crippen LogP contribution is -2.00. The van der Waals surface area contributed by atoms with Crippen molar-refractivity contribution in [3.05, 3.63) is 194 Å². The summed E-state index contributed by atoms with van der Waals surface area (Å²) < 4.78 is 2.58. The zero-order valence-corrected chi connectivity index (χ0v) is 31.5. The predicted molar refractivity (Wildman–Crippen MR) is 238 cm³/mol. The Labute approximate surface area is 333 Å². The molecular weight excluding hydrogens is 713 g/mol. The number of hydrogen-bond donors (Lipinski definition) is 0. The second-order valence-electron chi connectivity index (χ2n) is 14.2. The van der Waals surface area contributed by atoms with E-state index in [9.17, 15) is 0 Å². The molecule has 0 fully saturated rings. The first kappa shape index (κ1) is 33.0. The van der Waals surface area contributed by atoms with E-state index >= 15 is 0 Å². The smallest absolute Gasteiger partial charge is 0.164 e. The van der Waals surface area contributed by atoms with E-state index in [1.807, 2.05) is 47.7 Å². The largest absolute Gasteiger partial charge is 0.247 e. The highest BCUT2D eigenvalue weighted by Crippen LogP contribution is 2.44. The van der Waals surface area contributed by atoms with Gasteiger partial charge in [0.2, 0.25) is 0 Å². The molecule has 0 aliphatic heterocycles. The van der Waals surface area contributed by atoms with Crippen LogP contribution in [0.1, 0.15) is 0 Å². The van der Waals surface area contributed by atoms with E-state index in [1.54, 1.807) is 0 Å². The van der Waals surface area contributed by atoms with Gasteiger partial charge in [0, 0.05) is 58.6 Å². The number of pyridine rings is 1. The Morgan fingerprint density at radius 2 is 0.789 bits per heavy atom. The molecule has 11 rings (SSSR count). The lowest BCUT2D eigenvalue weighted by Gasteiger charge is -2.13. The highest BCUT2D eigenvalue weighted by molar-refractivity contribution is 7.26. The Kier molecular flexibility index (Phi) is 7.97. The molecule has 0 bridgehead atoms. The topological polar surface area (TPSA) is 51.6 Å². The SMILES string of the molecule is c1ccc(-c2ccc(-c3nc(-c4ccccc4)nc(-c4cccc(-c5ccc6c(c5)nc(-c5ccccc5)c5ccc7sc8ccccc8c7c56)c4)n3)cc2)cc1. The number of thiophene rings is 1. The van der Waals surface area contributed by atoms with Crippen LogP contribution in [0.4, 0.5) is 0 Å². The van der Waals surface area contributed by atoms with Crippen LogP contribution in [-0.2, 0) is 0 Å². The van der Waals surface area contributed by atoms with Gasteiger partial charge in [-0.15, -0.1) is 11.3 Å². The molecule has 0 unspecified atom stereocenters. The number of nitrogens with zero attached hydrogens (tertiary/aromatic N) is 4. The molecule has 0 atom stereocenters. The second-order valence-corrected chi connectivity index (χ2v) is 15.3. The van der Waals surface area contributed by atoms with Crippen molar-refractivity contribution < 1.29 is 0 Å². The minimum Gasteiger partial charge on any atom is -0.247 e. The van der Waals surface area contributed by atoms with Crippen molar-refractivity contribution in [2.45, 2.75) is 0 Å². The zero-order valence-electron chi connectivity index (χ0n) is 30.7. The molecular formula is C52H32N4S. The summed E-state index contributed by atoms with van der Waals surface area (Å²) >= 11 is 1.85. The van der Waals surface area contributed by atoms with Crippen molar-refractivity contribution >= 4 is 53.2 Å². The molecule has 0 aliphatic carbocycles. The van der Waals surface area contributed by atoms with Crippen LogP contribution in [0.25, 0.3) is 110 Å².